The minimum absolute atomic E-state index is 0.100. The van der Waals surface area contributed by atoms with Crippen LogP contribution in [0.15, 0.2) is 71.9 Å². The van der Waals surface area contributed by atoms with Crippen molar-refractivity contribution >= 4 is 29.5 Å². The Balaban J connectivity index is 1.65. The highest BCUT2D eigenvalue weighted by molar-refractivity contribution is 5.93. The maximum absolute atomic E-state index is 4.89. The topological polar surface area (TPSA) is 62.2 Å². The minimum atomic E-state index is 0.100. The number of benzene rings is 2. The second-order valence-corrected chi connectivity index (χ2v) is 8.06. The van der Waals surface area contributed by atoms with Crippen LogP contribution in [0.1, 0.15) is 38.8 Å². The number of para-hydroxylation sites is 2. The molecule has 0 saturated heterocycles. The van der Waals surface area contributed by atoms with Crippen LogP contribution in [0, 0.1) is 5.92 Å². The summed E-state index contributed by atoms with van der Waals surface area (Å²) in [5, 5.41) is 3.43. The summed E-state index contributed by atoms with van der Waals surface area (Å²) in [5.41, 5.74) is 6.90. The van der Waals surface area contributed by atoms with Gasteiger partial charge in [-0.05, 0) is 30.9 Å². The molecule has 0 bridgehead atoms. The fourth-order valence-electron chi connectivity index (χ4n) is 3.64. The largest absolute Gasteiger partial charge is 0.348 e. The molecule has 30 heavy (non-hydrogen) atoms. The van der Waals surface area contributed by atoms with Crippen molar-refractivity contribution in [2.24, 2.45) is 10.9 Å². The number of quaternary nitrogens is 1. The van der Waals surface area contributed by atoms with Crippen molar-refractivity contribution in [1.82, 2.24) is 20.0 Å². The van der Waals surface area contributed by atoms with E-state index in [1.165, 1.54) is 5.56 Å². The molecule has 1 aliphatic rings. The van der Waals surface area contributed by atoms with Crippen LogP contribution in [0.4, 0.5) is 23.1 Å². The van der Waals surface area contributed by atoms with Crippen LogP contribution in [-0.2, 0) is 0 Å². The molecular formula is C24H29N6+. The van der Waals surface area contributed by atoms with E-state index >= 15 is 0 Å². The van der Waals surface area contributed by atoms with E-state index in [9.17, 15) is 0 Å². The maximum Gasteiger partial charge on any atom is 0.263 e. The van der Waals surface area contributed by atoms with Gasteiger partial charge in [-0.15, -0.1) is 4.59 Å². The molecule has 0 spiro atoms. The molecule has 154 valence electrons. The Bertz CT molecular complexity index is 1020. The number of fused-ring (bicyclic) bond motifs is 1. The van der Waals surface area contributed by atoms with Gasteiger partial charge in [0.15, 0.2) is 5.69 Å². The van der Waals surface area contributed by atoms with Crippen molar-refractivity contribution in [3.8, 4) is 0 Å². The van der Waals surface area contributed by atoms with Crippen LogP contribution < -0.4 is 15.3 Å². The molecule has 2 N–H and O–H groups in total. The normalized spacial score (nSPS) is 18.4. The number of anilines is 1. The molecule has 2 unspecified atom stereocenters. The summed E-state index contributed by atoms with van der Waals surface area (Å²) in [6.07, 6.45) is 4.80. The second-order valence-electron chi connectivity index (χ2n) is 8.06. The highest BCUT2D eigenvalue weighted by atomic mass is 15.7. The molecule has 2 heterocycles. The smallest absolute Gasteiger partial charge is 0.263 e. The molecule has 1 aliphatic heterocycles. The minimum Gasteiger partial charge on any atom is -0.348 e. The average Bonchev–Trinajstić information content (AvgIpc) is 3.14. The van der Waals surface area contributed by atoms with Crippen LogP contribution in [0.25, 0.3) is 0 Å². The molecule has 2 atom stereocenters. The van der Waals surface area contributed by atoms with Gasteiger partial charge < -0.3 is 5.32 Å². The molecule has 4 rings (SSSR count). The number of aromatic nitrogens is 2. The first-order valence-corrected chi connectivity index (χ1v) is 10.5. The number of hydrogen-bond acceptors (Lipinski definition) is 5. The van der Waals surface area contributed by atoms with E-state index in [-0.39, 0.29) is 6.04 Å². The van der Waals surface area contributed by atoms with E-state index in [4.69, 9.17) is 4.98 Å². The first kappa shape index (κ1) is 20.2. The number of aliphatic imine (C=N–C) groups is 1. The van der Waals surface area contributed by atoms with Crippen molar-refractivity contribution in [3.63, 3.8) is 0 Å². The average molecular weight is 402 g/mol. The van der Waals surface area contributed by atoms with Crippen LogP contribution in [-0.4, -0.2) is 22.9 Å². The van der Waals surface area contributed by atoms with Gasteiger partial charge in [-0.3, -0.25) is 0 Å². The monoisotopic (exact) mass is 401 g/mol. The summed E-state index contributed by atoms with van der Waals surface area (Å²) in [4.78, 5) is 14.0. The lowest BCUT2D eigenvalue weighted by Crippen LogP contribution is -2.54. The number of rotatable bonds is 8. The summed E-state index contributed by atoms with van der Waals surface area (Å²) >= 11 is 0. The van der Waals surface area contributed by atoms with Gasteiger partial charge in [-0.25, -0.2) is 4.98 Å². The zero-order chi connectivity index (χ0) is 21.0. The third-order valence-corrected chi connectivity index (χ3v) is 5.36. The standard InChI is InChI=1S/C24H29N6/c1-18(2)13-16-27-30(17-26-21-11-7-8-12-22(21)30)23-14-15-25-24(29-23)28-19(3)20-9-5-4-6-10-20/h4-12,14-15,17-19,27H,13,16H2,1-3H3,(H,25,28,29)/q+1. The summed E-state index contributed by atoms with van der Waals surface area (Å²) in [6, 6.07) is 20.6. The molecule has 1 aromatic heterocycles. The van der Waals surface area contributed by atoms with Gasteiger partial charge in [0, 0.05) is 24.9 Å². The maximum atomic E-state index is 4.89. The Morgan fingerprint density at radius 1 is 0.933 bits per heavy atom. The van der Waals surface area contributed by atoms with E-state index < -0.39 is 0 Å². The van der Waals surface area contributed by atoms with E-state index in [0.717, 1.165) is 30.2 Å². The van der Waals surface area contributed by atoms with E-state index in [1.807, 2.05) is 48.8 Å². The fraction of sp³-hybridized carbons (Fsp3) is 0.292. The highest BCUT2D eigenvalue weighted by Gasteiger charge is 2.40. The van der Waals surface area contributed by atoms with Gasteiger partial charge in [0.05, 0.1) is 6.04 Å². The van der Waals surface area contributed by atoms with Crippen molar-refractivity contribution in [2.75, 3.05) is 11.9 Å². The number of hydrogen-bond donors (Lipinski definition) is 2. The first-order chi connectivity index (χ1) is 14.6. The lowest BCUT2D eigenvalue weighted by atomic mass is 10.1. The Morgan fingerprint density at radius 2 is 1.70 bits per heavy atom. The number of nitrogens with one attached hydrogen (secondary N) is 2. The third-order valence-electron chi connectivity index (χ3n) is 5.36. The lowest BCUT2D eigenvalue weighted by Gasteiger charge is -2.29. The van der Waals surface area contributed by atoms with Crippen molar-refractivity contribution in [2.45, 2.75) is 33.2 Å². The fourth-order valence-corrected chi connectivity index (χ4v) is 3.64. The Labute approximate surface area is 178 Å². The summed E-state index contributed by atoms with van der Waals surface area (Å²) in [6.45, 7) is 7.43. The Kier molecular flexibility index (Phi) is 5.88. The van der Waals surface area contributed by atoms with Crippen molar-refractivity contribution in [3.05, 3.63) is 72.4 Å². The summed E-state index contributed by atoms with van der Waals surface area (Å²) < 4.78 is 0.291. The zero-order valence-corrected chi connectivity index (χ0v) is 17.8. The Morgan fingerprint density at radius 3 is 2.50 bits per heavy atom. The quantitative estimate of drug-likeness (QED) is 0.488. The van der Waals surface area contributed by atoms with Crippen LogP contribution >= 0.6 is 0 Å². The van der Waals surface area contributed by atoms with Crippen molar-refractivity contribution in [1.29, 1.82) is 0 Å². The first-order valence-electron chi connectivity index (χ1n) is 10.5. The zero-order valence-electron chi connectivity index (χ0n) is 17.8. The molecule has 3 aromatic rings. The summed E-state index contributed by atoms with van der Waals surface area (Å²) in [7, 11) is 0. The van der Waals surface area contributed by atoms with E-state index in [1.54, 1.807) is 6.20 Å². The molecule has 6 heteroatoms. The van der Waals surface area contributed by atoms with E-state index in [0.29, 0.717) is 16.5 Å². The van der Waals surface area contributed by atoms with Crippen LogP contribution in [0.3, 0.4) is 0 Å². The predicted octanol–water partition coefficient (Wildman–Crippen LogP) is 5.51. The Hall–Kier alpha value is -3.09. The van der Waals surface area contributed by atoms with Crippen molar-refractivity contribution < 1.29 is 0 Å². The van der Waals surface area contributed by atoms with Gasteiger partial charge >= 0.3 is 0 Å². The molecule has 0 radical (unpaired) electrons. The van der Waals surface area contributed by atoms with Gasteiger partial charge in [0.1, 0.15) is 5.69 Å². The molecule has 2 aromatic carbocycles. The van der Waals surface area contributed by atoms with Crippen LogP contribution in [0.2, 0.25) is 0 Å². The van der Waals surface area contributed by atoms with Gasteiger partial charge in [-0.1, -0.05) is 56.3 Å². The second kappa shape index (κ2) is 8.73. The predicted molar refractivity (Wildman–Crippen MR) is 124 cm³/mol. The van der Waals surface area contributed by atoms with E-state index in [2.05, 4.69) is 59.7 Å². The molecule has 0 saturated carbocycles. The molecule has 0 amide bonds. The SMILES string of the molecule is CC(C)CCN[N+]1(c2ccnc(NC(C)c3ccccc3)n2)C=Nc2ccccc21. The van der Waals surface area contributed by atoms with Gasteiger partial charge in [-0.2, -0.15) is 15.4 Å². The molecule has 0 fully saturated rings. The molecular weight excluding hydrogens is 372 g/mol. The summed E-state index contributed by atoms with van der Waals surface area (Å²) in [5.74, 6) is 2.05. The number of nitrogens with zero attached hydrogens (tertiary/aromatic N) is 4. The molecule has 6 nitrogen and oxygen atoms in total. The van der Waals surface area contributed by atoms with Gasteiger partial charge in [0.2, 0.25) is 12.3 Å². The lowest BCUT2D eigenvalue weighted by molar-refractivity contribution is 0.389. The third kappa shape index (κ3) is 4.10. The highest BCUT2D eigenvalue weighted by Crippen LogP contribution is 2.41. The van der Waals surface area contributed by atoms with Gasteiger partial charge in [0.25, 0.3) is 5.82 Å². The van der Waals surface area contributed by atoms with Crippen LogP contribution in [0.5, 0.6) is 0 Å². The molecule has 0 aliphatic carbocycles.